The fourth-order valence-corrected chi connectivity index (χ4v) is 1.58. The summed E-state index contributed by atoms with van der Waals surface area (Å²) in [7, 11) is 1.69. The number of rotatable bonds is 5. The molecular weight excluding hydrogens is 217 g/mol. The van der Waals surface area contributed by atoms with Crippen molar-refractivity contribution in [3.63, 3.8) is 0 Å². The number of hydrogen-bond acceptors (Lipinski definition) is 4. The first-order valence-corrected chi connectivity index (χ1v) is 6.10. The van der Waals surface area contributed by atoms with E-state index in [0.29, 0.717) is 6.54 Å². The fourth-order valence-electron chi connectivity index (χ4n) is 1.58. The Morgan fingerprint density at radius 3 is 2.18 bits per heavy atom. The highest BCUT2D eigenvalue weighted by atomic mass is 16.7. The zero-order chi connectivity index (χ0) is 13.1. The van der Waals surface area contributed by atoms with Gasteiger partial charge in [-0.3, -0.25) is 0 Å². The van der Waals surface area contributed by atoms with E-state index in [-0.39, 0.29) is 24.9 Å². The minimum absolute atomic E-state index is 0.181. The molecule has 1 N–H and O–H groups in total. The third-order valence-corrected chi connectivity index (χ3v) is 3.46. The Bertz CT molecular complexity index is 263. The summed E-state index contributed by atoms with van der Waals surface area (Å²) in [5.41, 5.74) is -0.558. The predicted molar refractivity (Wildman–Crippen MR) is 69.8 cm³/mol. The van der Waals surface area contributed by atoms with Gasteiger partial charge in [0, 0.05) is 13.1 Å². The predicted octanol–water partition coefficient (Wildman–Crippen LogP) is 1.10. The van der Waals surface area contributed by atoms with Crippen molar-refractivity contribution in [1.29, 1.82) is 0 Å². The molecule has 5 heteroatoms. The summed E-state index contributed by atoms with van der Waals surface area (Å²) in [4.78, 5) is 2.03. The van der Waals surface area contributed by atoms with Gasteiger partial charge in [-0.25, -0.2) is 0 Å². The van der Waals surface area contributed by atoms with Crippen LogP contribution in [0.1, 0.15) is 27.7 Å². The summed E-state index contributed by atoms with van der Waals surface area (Å²) in [6.07, 6.45) is 2.01. The first-order chi connectivity index (χ1) is 7.78. The zero-order valence-corrected chi connectivity index (χ0v) is 11.6. The molecule has 0 aromatic heterocycles. The quantitative estimate of drug-likeness (QED) is 0.732. The van der Waals surface area contributed by atoms with Gasteiger partial charge in [0.05, 0.1) is 17.8 Å². The summed E-state index contributed by atoms with van der Waals surface area (Å²) in [6.45, 7) is 9.80. The van der Waals surface area contributed by atoms with E-state index in [2.05, 4.69) is 0 Å². The first-order valence-electron chi connectivity index (χ1n) is 6.10. The molecule has 0 radical (unpaired) electrons. The number of hydrogen-bond donors (Lipinski definition) is 1. The summed E-state index contributed by atoms with van der Waals surface area (Å²) in [5.74, 6) is 1.93. The lowest BCUT2D eigenvalue weighted by atomic mass is 9.90. The van der Waals surface area contributed by atoms with Gasteiger partial charge in [0.25, 0.3) is 0 Å². The molecule has 1 saturated heterocycles. The van der Waals surface area contributed by atoms with E-state index in [0.717, 1.165) is 6.54 Å². The van der Waals surface area contributed by atoms with Gasteiger partial charge in [-0.2, -0.15) is 0 Å². The van der Waals surface area contributed by atoms with Crippen LogP contribution < -0.4 is 0 Å². The molecule has 98 valence electrons. The Labute approximate surface area is 105 Å². The number of aliphatic hydroxyl groups excluding tert-OH is 1. The molecule has 0 unspecified atom stereocenters. The van der Waals surface area contributed by atoms with E-state index in [1.54, 1.807) is 0 Å². The molecule has 0 aromatic carbocycles. The molecule has 0 atom stereocenters. The van der Waals surface area contributed by atoms with Crippen LogP contribution in [0.25, 0.3) is 0 Å². The van der Waals surface area contributed by atoms with Gasteiger partial charge >= 0.3 is 7.12 Å². The fraction of sp³-hybridized carbons (Fsp3) is 0.833. The van der Waals surface area contributed by atoms with Crippen LogP contribution >= 0.6 is 0 Å². The molecule has 17 heavy (non-hydrogen) atoms. The largest absolute Gasteiger partial charge is 0.486 e. The average Bonchev–Trinajstić information content (AvgIpc) is 2.35. The Balaban J connectivity index is 2.42. The lowest BCUT2D eigenvalue weighted by Crippen LogP contribution is -2.41. The molecular formula is C12H24BNO3. The Morgan fingerprint density at radius 1 is 1.18 bits per heavy atom. The Kier molecular flexibility index (Phi) is 4.78. The van der Waals surface area contributed by atoms with Crippen LogP contribution in [-0.4, -0.2) is 55.1 Å². The molecule has 0 saturated carbocycles. The third-order valence-electron chi connectivity index (χ3n) is 3.46. The van der Waals surface area contributed by atoms with E-state index in [1.807, 2.05) is 51.7 Å². The topological polar surface area (TPSA) is 41.9 Å². The lowest BCUT2D eigenvalue weighted by molar-refractivity contribution is 0.00578. The highest BCUT2D eigenvalue weighted by Gasteiger charge is 2.49. The van der Waals surface area contributed by atoms with Crippen molar-refractivity contribution in [3.8, 4) is 0 Å². The molecule has 1 fully saturated rings. The van der Waals surface area contributed by atoms with Crippen LogP contribution in [0.4, 0.5) is 0 Å². The zero-order valence-electron chi connectivity index (χ0n) is 11.6. The molecule has 0 aromatic rings. The van der Waals surface area contributed by atoms with Crippen molar-refractivity contribution in [2.75, 3.05) is 26.7 Å². The standard InChI is InChI=1S/C12H24BNO3/c1-11(2)12(3,4)17-13(16-11)7-6-8-14(5)9-10-15/h6-7,15H,8-10H2,1-5H3/b7-6+. The molecule has 0 spiro atoms. The normalized spacial score (nSPS) is 22.9. The molecule has 0 bridgehead atoms. The van der Waals surface area contributed by atoms with Gasteiger partial charge in [0.1, 0.15) is 0 Å². The maximum Gasteiger partial charge on any atom is 0.486 e. The second kappa shape index (κ2) is 5.52. The van der Waals surface area contributed by atoms with Gasteiger partial charge in [0.2, 0.25) is 0 Å². The van der Waals surface area contributed by atoms with Crippen LogP contribution in [0.15, 0.2) is 12.1 Å². The SMILES string of the molecule is CN(C/C=C/B1OC(C)(C)C(C)(C)O1)CCO. The summed E-state index contributed by atoms with van der Waals surface area (Å²) in [6, 6.07) is 0. The van der Waals surface area contributed by atoms with Gasteiger partial charge in [-0.05, 0) is 34.7 Å². The second-order valence-electron chi connectivity index (χ2n) is 5.54. The monoisotopic (exact) mass is 241 g/mol. The molecule has 1 aliphatic heterocycles. The molecule has 0 aliphatic carbocycles. The van der Waals surface area contributed by atoms with E-state index < -0.39 is 0 Å². The summed E-state index contributed by atoms with van der Waals surface area (Å²) < 4.78 is 11.7. The van der Waals surface area contributed by atoms with Crippen molar-refractivity contribution < 1.29 is 14.4 Å². The Hall–Kier alpha value is -0.355. The van der Waals surface area contributed by atoms with E-state index in [4.69, 9.17) is 14.4 Å². The average molecular weight is 241 g/mol. The minimum atomic E-state index is -0.279. The van der Waals surface area contributed by atoms with Crippen LogP contribution in [-0.2, 0) is 9.31 Å². The maximum atomic E-state index is 8.77. The van der Waals surface area contributed by atoms with Crippen LogP contribution in [0.5, 0.6) is 0 Å². The third kappa shape index (κ3) is 3.81. The van der Waals surface area contributed by atoms with Crippen LogP contribution in [0, 0.1) is 0 Å². The molecule has 1 rings (SSSR count). The Morgan fingerprint density at radius 2 is 1.71 bits per heavy atom. The smallest absolute Gasteiger partial charge is 0.400 e. The second-order valence-corrected chi connectivity index (χ2v) is 5.54. The van der Waals surface area contributed by atoms with Gasteiger partial charge in [-0.1, -0.05) is 12.1 Å². The van der Waals surface area contributed by atoms with Gasteiger partial charge in [0.15, 0.2) is 0 Å². The number of likely N-dealkylation sites (N-methyl/N-ethyl adjacent to an activating group) is 1. The number of aliphatic hydroxyl groups is 1. The highest BCUT2D eigenvalue weighted by molar-refractivity contribution is 6.51. The van der Waals surface area contributed by atoms with E-state index >= 15 is 0 Å². The molecule has 1 aliphatic rings. The maximum absolute atomic E-state index is 8.77. The van der Waals surface area contributed by atoms with Crippen molar-refractivity contribution in [1.82, 2.24) is 4.90 Å². The van der Waals surface area contributed by atoms with Crippen molar-refractivity contribution >= 4 is 7.12 Å². The van der Waals surface area contributed by atoms with Gasteiger partial charge in [-0.15, -0.1) is 0 Å². The first kappa shape index (κ1) is 14.7. The summed E-state index contributed by atoms with van der Waals surface area (Å²) >= 11 is 0. The van der Waals surface area contributed by atoms with Gasteiger partial charge < -0.3 is 19.3 Å². The van der Waals surface area contributed by atoms with Crippen molar-refractivity contribution in [3.05, 3.63) is 12.1 Å². The molecule has 4 nitrogen and oxygen atoms in total. The molecule has 1 heterocycles. The van der Waals surface area contributed by atoms with E-state index in [1.165, 1.54) is 0 Å². The van der Waals surface area contributed by atoms with Crippen LogP contribution in [0.2, 0.25) is 0 Å². The minimum Gasteiger partial charge on any atom is -0.400 e. The number of nitrogens with zero attached hydrogens (tertiary/aromatic N) is 1. The summed E-state index contributed by atoms with van der Waals surface area (Å²) in [5, 5.41) is 8.77. The highest BCUT2D eigenvalue weighted by Crippen LogP contribution is 2.36. The van der Waals surface area contributed by atoms with Crippen LogP contribution in [0.3, 0.4) is 0 Å². The lowest BCUT2D eigenvalue weighted by Gasteiger charge is -2.32. The van der Waals surface area contributed by atoms with E-state index in [9.17, 15) is 0 Å². The van der Waals surface area contributed by atoms with Crippen molar-refractivity contribution in [2.24, 2.45) is 0 Å². The molecule has 0 amide bonds. The van der Waals surface area contributed by atoms with Crippen molar-refractivity contribution in [2.45, 2.75) is 38.9 Å².